The van der Waals surface area contributed by atoms with Crippen LogP contribution in [0.15, 0.2) is 40.4 Å². The number of hydrogen-bond donors (Lipinski definition) is 1. The van der Waals surface area contributed by atoms with Gasteiger partial charge in [-0.15, -0.1) is 0 Å². The largest absolute Gasteiger partial charge is 0.478 e. The van der Waals surface area contributed by atoms with Gasteiger partial charge in [-0.05, 0) is 24.3 Å². The molecule has 0 saturated carbocycles. The number of carboxylic acid groups (broad SMARTS) is 1. The summed E-state index contributed by atoms with van der Waals surface area (Å²) in [6.45, 7) is 0. The zero-order valence-electron chi connectivity index (χ0n) is 9.80. The van der Waals surface area contributed by atoms with Crippen LogP contribution >= 0.6 is 11.8 Å². The van der Waals surface area contributed by atoms with Gasteiger partial charge in [-0.3, -0.25) is 0 Å². The minimum Gasteiger partial charge on any atom is -0.478 e. The van der Waals surface area contributed by atoms with Crippen LogP contribution in [0.3, 0.4) is 0 Å². The Morgan fingerprint density at radius 1 is 1.35 bits per heavy atom. The Labute approximate surface area is 116 Å². The van der Waals surface area contributed by atoms with Gasteiger partial charge in [-0.1, -0.05) is 11.8 Å². The third-order valence-corrected chi connectivity index (χ3v) is 3.44. The van der Waals surface area contributed by atoms with E-state index in [4.69, 9.17) is 10.4 Å². The first-order chi connectivity index (χ1) is 9.52. The summed E-state index contributed by atoms with van der Waals surface area (Å²) in [6, 6.07) is 6.10. The van der Waals surface area contributed by atoms with Crippen LogP contribution in [0.2, 0.25) is 0 Å². The van der Waals surface area contributed by atoms with E-state index < -0.39 is 22.5 Å². The smallest absolute Gasteiger partial charge is 0.338 e. The number of hydrogen-bond acceptors (Lipinski definition) is 4. The van der Waals surface area contributed by atoms with Crippen molar-refractivity contribution in [3.05, 3.63) is 53.2 Å². The maximum atomic E-state index is 13.7. The Hall–Kier alpha value is -2.46. The molecule has 100 valence electrons. The molecule has 1 aromatic carbocycles. The quantitative estimate of drug-likeness (QED) is 0.941. The second kappa shape index (κ2) is 5.67. The summed E-state index contributed by atoms with van der Waals surface area (Å²) in [7, 11) is 0. The number of nitrogens with zero attached hydrogens (tertiary/aromatic N) is 2. The summed E-state index contributed by atoms with van der Waals surface area (Å²) in [5, 5.41) is 17.6. The van der Waals surface area contributed by atoms with Gasteiger partial charge in [0.05, 0.1) is 22.1 Å². The molecule has 0 saturated heterocycles. The fourth-order valence-corrected chi connectivity index (χ4v) is 2.34. The van der Waals surface area contributed by atoms with Gasteiger partial charge in [0.1, 0.15) is 16.7 Å². The van der Waals surface area contributed by atoms with Crippen molar-refractivity contribution in [1.82, 2.24) is 4.98 Å². The van der Waals surface area contributed by atoms with Gasteiger partial charge in [0, 0.05) is 6.20 Å². The first-order valence-corrected chi connectivity index (χ1v) is 6.10. The number of aromatic carboxylic acids is 1. The summed E-state index contributed by atoms with van der Waals surface area (Å²) in [4.78, 5) is 14.4. The van der Waals surface area contributed by atoms with E-state index in [1.54, 1.807) is 6.07 Å². The van der Waals surface area contributed by atoms with Crippen molar-refractivity contribution in [2.24, 2.45) is 0 Å². The lowest BCUT2D eigenvalue weighted by Gasteiger charge is -2.06. The van der Waals surface area contributed by atoms with E-state index >= 15 is 0 Å². The van der Waals surface area contributed by atoms with Gasteiger partial charge in [0.25, 0.3) is 0 Å². The lowest BCUT2D eigenvalue weighted by Crippen LogP contribution is -2.01. The van der Waals surface area contributed by atoms with Crippen LogP contribution < -0.4 is 0 Å². The van der Waals surface area contributed by atoms with Gasteiger partial charge in [0.15, 0.2) is 0 Å². The highest BCUT2D eigenvalue weighted by Gasteiger charge is 2.17. The molecule has 1 aromatic heterocycles. The lowest BCUT2D eigenvalue weighted by atomic mass is 10.2. The molecule has 0 bridgehead atoms. The van der Waals surface area contributed by atoms with Crippen LogP contribution in [0.25, 0.3) is 0 Å². The third kappa shape index (κ3) is 2.75. The van der Waals surface area contributed by atoms with E-state index in [0.29, 0.717) is 11.8 Å². The zero-order chi connectivity index (χ0) is 14.7. The number of pyridine rings is 1. The van der Waals surface area contributed by atoms with Crippen LogP contribution in [0.1, 0.15) is 15.9 Å². The summed E-state index contributed by atoms with van der Waals surface area (Å²) in [5.41, 5.74) is -0.301. The average molecular weight is 292 g/mol. The van der Waals surface area contributed by atoms with Gasteiger partial charge < -0.3 is 5.11 Å². The number of rotatable bonds is 3. The van der Waals surface area contributed by atoms with Crippen LogP contribution in [-0.2, 0) is 0 Å². The molecule has 0 aliphatic rings. The van der Waals surface area contributed by atoms with Gasteiger partial charge >= 0.3 is 5.97 Å². The van der Waals surface area contributed by atoms with Crippen LogP contribution in [0.5, 0.6) is 0 Å². The molecule has 2 rings (SSSR count). The first-order valence-electron chi connectivity index (χ1n) is 5.28. The van der Waals surface area contributed by atoms with Gasteiger partial charge in [-0.25, -0.2) is 18.6 Å². The molecule has 0 radical (unpaired) electrons. The SMILES string of the molecule is N#Cc1cc(F)c(Sc2ncccc2C(=O)O)c(F)c1. The molecule has 7 heteroatoms. The molecule has 20 heavy (non-hydrogen) atoms. The molecule has 0 atom stereocenters. The Kier molecular flexibility index (Phi) is 3.96. The summed E-state index contributed by atoms with van der Waals surface area (Å²) in [5.74, 6) is -3.11. The Morgan fingerprint density at radius 2 is 2.00 bits per heavy atom. The average Bonchev–Trinajstić information content (AvgIpc) is 2.42. The summed E-state index contributed by atoms with van der Waals surface area (Å²) < 4.78 is 27.5. The number of nitriles is 1. The summed E-state index contributed by atoms with van der Waals surface area (Å²) >= 11 is 0.564. The third-order valence-electron chi connectivity index (χ3n) is 2.33. The number of carbonyl (C=O) groups is 1. The fourth-order valence-electron chi connectivity index (χ4n) is 1.45. The van der Waals surface area contributed by atoms with E-state index in [2.05, 4.69) is 4.98 Å². The predicted molar refractivity (Wildman–Crippen MR) is 66.4 cm³/mol. The second-order valence-electron chi connectivity index (χ2n) is 3.64. The molecule has 1 N–H and O–H groups in total. The molecule has 0 fully saturated rings. The summed E-state index contributed by atoms with van der Waals surface area (Å²) in [6.07, 6.45) is 1.33. The minimum atomic E-state index is -1.24. The van der Waals surface area contributed by atoms with Crippen molar-refractivity contribution >= 4 is 17.7 Å². The highest BCUT2D eigenvalue weighted by molar-refractivity contribution is 7.99. The molecular formula is C13H6F2N2O2S. The van der Waals surface area contributed by atoms with Crippen molar-refractivity contribution in [2.75, 3.05) is 0 Å². The number of halogens is 2. The number of carboxylic acids is 1. The van der Waals surface area contributed by atoms with Crippen molar-refractivity contribution in [1.29, 1.82) is 5.26 Å². The van der Waals surface area contributed by atoms with Crippen molar-refractivity contribution in [2.45, 2.75) is 9.92 Å². The molecular weight excluding hydrogens is 286 g/mol. The van der Waals surface area contributed by atoms with Gasteiger partial charge in [-0.2, -0.15) is 5.26 Å². The maximum absolute atomic E-state index is 13.7. The first kappa shape index (κ1) is 14.0. The highest BCUT2D eigenvalue weighted by Crippen LogP contribution is 2.33. The molecule has 1 heterocycles. The molecule has 0 aliphatic heterocycles. The Balaban J connectivity index is 2.46. The monoisotopic (exact) mass is 292 g/mol. The Morgan fingerprint density at radius 3 is 2.55 bits per heavy atom. The minimum absolute atomic E-state index is 0.0255. The second-order valence-corrected chi connectivity index (χ2v) is 4.64. The van der Waals surface area contributed by atoms with Crippen molar-refractivity contribution in [3.63, 3.8) is 0 Å². The highest BCUT2D eigenvalue weighted by atomic mass is 32.2. The zero-order valence-corrected chi connectivity index (χ0v) is 10.6. The Bertz CT molecular complexity index is 706. The molecule has 0 unspecified atom stereocenters. The standard InChI is InChI=1S/C13H6F2N2O2S/c14-9-4-7(6-16)5-10(15)11(9)20-12-8(13(18)19)2-1-3-17-12/h1-5H,(H,18,19). The van der Waals surface area contributed by atoms with Crippen LogP contribution in [-0.4, -0.2) is 16.1 Å². The van der Waals surface area contributed by atoms with E-state index in [1.165, 1.54) is 18.3 Å². The van der Waals surface area contributed by atoms with Crippen LogP contribution in [0.4, 0.5) is 8.78 Å². The predicted octanol–water partition coefficient (Wildman–Crippen LogP) is 3.08. The molecule has 0 amide bonds. The molecule has 4 nitrogen and oxygen atoms in total. The molecule has 0 aliphatic carbocycles. The fraction of sp³-hybridized carbons (Fsp3) is 0. The van der Waals surface area contributed by atoms with E-state index in [-0.39, 0.29) is 16.2 Å². The van der Waals surface area contributed by atoms with E-state index in [0.717, 1.165) is 12.1 Å². The number of aromatic nitrogens is 1. The molecule has 0 spiro atoms. The van der Waals surface area contributed by atoms with E-state index in [9.17, 15) is 13.6 Å². The lowest BCUT2D eigenvalue weighted by molar-refractivity contribution is 0.0692. The number of benzene rings is 1. The van der Waals surface area contributed by atoms with Crippen molar-refractivity contribution < 1.29 is 18.7 Å². The van der Waals surface area contributed by atoms with Crippen LogP contribution in [0, 0.1) is 23.0 Å². The topological polar surface area (TPSA) is 74.0 Å². The normalized spacial score (nSPS) is 10.1. The van der Waals surface area contributed by atoms with E-state index in [1.807, 2.05) is 0 Å². The van der Waals surface area contributed by atoms with Gasteiger partial charge in [0.2, 0.25) is 0 Å². The maximum Gasteiger partial charge on any atom is 0.338 e. The van der Waals surface area contributed by atoms with Crippen molar-refractivity contribution in [3.8, 4) is 6.07 Å². The molecule has 2 aromatic rings.